The highest BCUT2D eigenvalue weighted by molar-refractivity contribution is 5.78. The zero-order chi connectivity index (χ0) is 16.9. The number of likely N-dealkylation sites (tertiary alicyclic amines) is 1. The number of rotatable bonds is 5. The first-order valence-electron chi connectivity index (χ1n) is 8.26. The minimum atomic E-state index is -0.156. The third-order valence-electron chi connectivity index (χ3n) is 4.41. The van der Waals surface area contributed by atoms with E-state index >= 15 is 0 Å². The van der Waals surface area contributed by atoms with Crippen molar-refractivity contribution in [3.63, 3.8) is 0 Å². The molecule has 1 fully saturated rings. The van der Waals surface area contributed by atoms with E-state index in [1.54, 1.807) is 0 Å². The molecule has 1 aromatic carbocycles. The Balaban J connectivity index is 1.61. The van der Waals surface area contributed by atoms with Gasteiger partial charge in [-0.3, -0.25) is 14.5 Å². The summed E-state index contributed by atoms with van der Waals surface area (Å²) >= 11 is 0. The van der Waals surface area contributed by atoms with Crippen LogP contribution in [0.25, 0.3) is 11.0 Å². The number of fused-ring (bicyclic) bond motifs is 1. The number of amides is 1. The molecule has 7 heteroatoms. The lowest BCUT2D eigenvalue weighted by Crippen LogP contribution is -2.41. The van der Waals surface area contributed by atoms with Crippen LogP contribution >= 0.6 is 0 Å². The van der Waals surface area contributed by atoms with Gasteiger partial charge in [0.2, 0.25) is 5.91 Å². The maximum absolute atomic E-state index is 12.2. The van der Waals surface area contributed by atoms with Gasteiger partial charge in [0.1, 0.15) is 5.69 Å². The molecule has 0 radical (unpaired) electrons. The number of aromatic amines is 1. The normalized spacial score (nSPS) is 16.4. The standard InChI is InChI=1S/C17H22N4O3/c22-10-7-18-16(23)12-5-8-21(9-6-12)11-15-17(24)20-14-4-2-1-3-13(14)19-15/h1-4,12,22H,5-11H2,(H,18,23)(H,20,24). The van der Waals surface area contributed by atoms with E-state index in [1.807, 2.05) is 24.3 Å². The van der Waals surface area contributed by atoms with Crippen LogP contribution in [0, 0.1) is 5.92 Å². The smallest absolute Gasteiger partial charge is 0.271 e. The van der Waals surface area contributed by atoms with Gasteiger partial charge in [-0.25, -0.2) is 4.98 Å². The van der Waals surface area contributed by atoms with Crippen molar-refractivity contribution in [3.05, 3.63) is 40.3 Å². The Hall–Kier alpha value is -2.25. The molecule has 1 aliphatic heterocycles. The Morgan fingerprint density at radius 3 is 2.83 bits per heavy atom. The van der Waals surface area contributed by atoms with Crippen LogP contribution in [0.5, 0.6) is 0 Å². The number of aliphatic hydroxyl groups excluding tert-OH is 1. The fraction of sp³-hybridized carbons (Fsp3) is 0.471. The van der Waals surface area contributed by atoms with Gasteiger partial charge in [-0.15, -0.1) is 0 Å². The highest BCUT2D eigenvalue weighted by atomic mass is 16.3. The molecule has 1 saturated heterocycles. The molecule has 7 nitrogen and oxygen atoms in total. The number of benzene rings is 1. The summed E-state index contributed by atoms with van der Waals surface area (Å²) in [5.74, 6) is -0.0129. The van der Waals surface area contributed by atoms with Gasteiger partial charge in [0.25, 0.3) is 5.56 Å². The van der Waals surface area contributed by atoms with E-state index in [0.29, 0.717) is 18.8 Å². The molecule has 2 aromatic rings. The number of H-pyrrole nitrogens is 1. The molecule has 1 amide bonds. The number of aromatic nitrogens is 2. The van der Waals surface area contributed by atoms with Gasteiger partial charge in [-0.05, 0) is 38.1 Å². The molecule has 1 aliphatic rings. The lowest BCUT2D eigenvalue weighted by Gasteiger charge is -2.30. The quantitative estimate of drug-likeness (QED) is 0.730. The Morgan fingerprint density at radius 2 is 2.08 bits per heavy atom. The van der Waals surface area contributed by atoms with Gasteiger partial charge in [0.05, 0.1) is 17.6 Å². The van der Waals surface area contributed by atoms with Crippen LogP contribution in [0.4, 0.5) is 0 Å². The van der Waals surface area contributed by atoms with Crippen molar-refractivity contribution in [3.8, 4) is 0 Å². The summed E-state index contributed by atoms with van der Waals surface area (Å²) in [5, 5.41) is 11.5. The van der Waals surface area contributed by atoms with Crippen molar-refractivity contribution in [1.82, 2.24) is 20.2 Å². The van der Waals surface area contributed by atoms with Crippen molar-refractivity contribution in [2.45, 2.75) is 19.4 Å². The Bertz CT molecular complexity index is 766. The van der Waals surface area contributed by atoms with Crippen LogP contribution in [0.2, 0.25) is 0 Å². The zero-order valence-corrected chi connectivity index (χ0v) is 13.5. The van der Waals surface area contributed by atoms with Gasteiger partial charge < -0.3 is 15.4 Å². The minimum absolute atomic E-state index is 0.00498. The maximum atomic E-state index is 12.2. The number of carbonyl (C=O) groups is 1. The number of hydrogen-bond acceptors (Lipinski definition) is 5. The molecule has 0 bridgehead atoms. The van der Waals surface area contributed by atoms with Gasteiger partial charge in [-0.2, -0.15) is 0 Å². The number of aliphatic hydroxyl groups is 1. The summed E-state index contributed by atoms with van der Waals surface area (Å²) in [4.78, 5) is 33.6. The summed E-state index contributed by atoms with van der Waals surface area (Å²) in [6.07, 6.45) is 1.51. The van der Waals surface area contributed by atoms with E-state index in [1.165, 1.54) is 0 Å². The second kappa shape index (κ2) is 7.55. The van der Waals surface area contributed by atoms with E-state index in [-0.39, 0.29) is 24.0 Å². The topological polar surface area (TPSA) is 98.3 Å². The third kappa shape index (κ3) is 3.80. The zero-order valence-electron chi connectivity index (χ0n) is 13.5. The molecular formula is C17H22N4O3. The average molecular weight is 330 g/mol. The monoisotopic (exact) mass is 330 g/mol. The van der Waals surface area contributed by atoms with Crippen LogP contribution in [-0.2, 0) is 11.3 Å². The summed E-state index contributed by atoms with van der Waals surface area (Å²) in [7, 11) is 0. The van der Waals surface area contributed by atoms with Gasteiger partial charge >= 0.3 is 0 Å². The van der Waals surface area contributed by atoms with Crippen LogP contribution in [-0.4, -0.2) is 52.1 Å². The SMILES string of the molecule is O=C(NCCO)C1CCN(Cc2nc3ccccc3[nH]c2=O)CC1. The minimum Gasteiger partial charge on any atom is -0.395 e. The number of carbonyl (C=O) groups excluding carboxylic acids is 1. The molecule has 128 valence electrons. The number of nitrogens with one attached hydrogen (secondary N) is 2. The van der Waals surface area contributed by atoms with Crippen LogP contribution < -0.4 is 10.9 Å². The van der Waals surface area contributed by atoms with Crippen molar-refractivity contribution in [2.24, 2.45) is 5.92 Å². The predicted molar refractivity (Wildman–Crippen MR) is 90.5 cm³/mol. The first-order valence-corrected chi connectivity index (χ1v) is 8.26. The van der Waals surface area contributed by atoms with Crippen molar-refractivity contribution in [1.29, 1.82) is 0 Å². The Kier molecular flexibility index (Phi) is 5.22. The number of piperidine rings is 1. The van der Waals surface area contributed by atoms with Crippen molar-refractivity contribution < 1.29 is 9.90 Å². The molecule has 0 spiro atoms. The lowest BCUT2D eigenvalue weighted by molar-refractivity contribution is -0.126. The lowest BCUT2D eigenvalue weighted by atomic mass is 9.96. The molecule has 3 N–H and O–H groups in total. The number of hydrogen-bond donors (Lipinski definition) is 3. The second-order valence-electron chi connectivity index (χ2n) is 6.09. The van der Waals surface area contributed by atoms with E-state index < -0.39 is 0 Å². The van der Waals surface area contributed by atoms with Crippen LogP contribution in [0.15, 0.2) is 29.1 Å². The molecule has 0 saturated carbocycles. The third-order valence-corrected chi connectivity index (χ3v) is 4.41. The van der Waals surface area contributed by atoms with Gasteiger partial charge in [0.15, 0.2) is 0 Å². The highest BCUT2D eigenvalue weighted by Gasteiger charge is 2.25. The fourth-order valence-electron chi connectivity index (χ4n) is 3.06. The highest BCUT2D eigenvalue weighted by Crippen LogP contribution is 2.18. The van der Waals surface area contributed by atoms with Gasteiger partial charge in [0, 0.05) is 19.0 Å². The van der Waals surface area contributed by atoms with Crippen molar-refractivity contribution >= 4 is 16.9 Å². The molecule has 0 atom stereocenters. The first-order chi connectivity index (χ1) is 11.7. The summed E-state index contributed by atoms with van der Waals surface area (Å²) < 4.78 is 0. The number of nitrogens with zero attached hydrogens (tertiary/aromatic N) is 2. The molecule has 3 rings (SSSR count). The summed E-state index contributed by atoms with van der Waals surface area (Å²) in [6.45, 7) is 2.26. The van der Waals surface area contributed by atoms with E-state index in [2.05, 4.69) is 20.2 Å². The molecule has 1 aromatic heterocycles. The van der Waals surface area contributed by atoms with E-state index in [0.717, 1.165) is 37.0 Å². The van der Waals surface area contributed by atoms with Crippen LogP contribution in [0.3, 0.4) is 0 Å². The Morgan fingerprint density at radius 1 is 1.33 bits per heavy atom. The molecule has 24 heavy (non-hydrogen) atoms. The van der Waals surface area contributed by atoms with E-state index in [9.17, 15) is 9.59 Å². The second-order valence-corrected chi connectivity index (χ2v) is 6.09. The molecule has 0 unspecified atom stereocenters. The number of para-hydroxylation sites is 2. The summed E-state index contributed by atoms with van der Waals surface area (Å²) in [6, 6.07) is 7.48. The molecule has 2 heterocycles. The summed E-state index contributed by atoms with van der Waals surface area (Å²) in [5.41, 5.74) is 1.88. The van der Waals surface area contributed by atoms with Crippen molar-refractivity contribution in [2.75, 3.05) is 26.2 Å². The van der Waals surface area contributed by atoms with E-state index in [4.69, 9.17) is 5.11 Å². The largest absolute Gasteiger partial charge is 0.395 e. The first kappa shape index (κ1) is 16.6. The Labute approximate surface area is 139 Å². The van der Waals surface area contributed by atoms with Crippen LogP contribution in [0.1, 0.15) is 18.5 Å². The average Bonchev–Trinajstić information content (AvgIpc) is 2.61. The molecular weight excluding hydrogens is 308 g/mol. The maximum Gasteiger partial charge on any atom is 0.271 e. The van der Waals surface area contributed by atoms with Gasteiger partial charge in [-0.1, -0.05) is 12.1 Å². The predicted octanol–water partition coefficient (Wildman–Crippen LogP) is 0.244. The molecule has 0 aliphatic carbocycles. The fourth-order valence-corrected chi connectivity index (χ4v) is 3.06.